The van der Waals surface area contributed by atoms with Crippen LogP contribution in [-0.2, 0) is 6.42 Å². The lowest BCUT2D eigenvalue weighted by atomic mass is 9.82. The van der Waals surface area contributed by atoms with Crippen LogP contribution < -0.4 is 5.73 Å². The number of rotatable bonds is 1. The van der Waals surface area contributed by atoms with Gasteiger partial charge in [-0.15, -0.1) is 0 Å². The van der Waals surface area contributed by atoms with Crippen LogP contribution in [-0.4, -0.2) is 6.54 Å². The lowest BCUT2D eigenvalue weighted by Crippen LogP contribution is -2.19. The smallest absolute Gasteiger partial charge is 0.129 e. The molecule has 0 saturated carbocycles. The van der Waals surface area contributed by atoms with Crippen molar-refractivity contribution < 1.29 is 8.78 Å². The van der Waals surface area contributed by atoms with E-state index >= 15 is 0 Å². The number of halogens is 2. The molecule has 0 amide bonds. The molecule has 2 rings (SSSR count). The summed E-state index contributed by atoms with van der Waals surface area (Å²) in [4.78, 5) is 0. The quantitative estimate of drug-likeness (QED) is 0.734. The minimum Gasteiger partial charge on any atom is -0.330 e. The maximum atomic E-state index is 13.4. The van der Waals surface area contributed by atoms with E-state index in [0.717, 1.165) is 24.5 Å². The van der Waals surface area contributed by atoms with Crippen molar-refractivity contribution >= 4 is 0 Å². The standard InChI is InChI=1S/C11H13F2N/c12-8-4-10-7(6-14)2-1-3-9(10)11(13)5-8/h4-5,7H,1-3,6,14H2. The minimum absolute atomic E-state index is 0.129. The van der Waals surface area contributed by atoms with Crippen LogP contribution in [0.25, 0.3) is 0 Å². The zero-order chi connectivity index (χ0) is 10.1. The molecule has 1 aliphatic carbocycles. The second kappa shape index (κ2) is 3.65. The van der Waals surface area contributed by atoms with Gasteiger partial charge in [0.05, 0.1) is 0 Å². The van der Waals surface area contributed by atoms with E-state index in [4.69, 9.17) is 5.73 Å². The third kappa shape index (κ3) is 1.52. The molecule has 0 aromatic heterocycles. The Hall–Kier alpha value is -0.960. The van der Waals surface area contributed by atoms with Crippen molar-refractivity contribution in [2.75, 3.05) is 6.54 Å². The van der Waals surface area contributed by atoms with Gasteiger partial charge >= 0.3 is 0 Å². The van der Waals surface area contributed by atoms with Gasteiger partial charge < -0.3 is 5.73 Å². The Morgan fingerprint density at radius 1 is 1.36 bits per heavy atom. The fraction of sp³-hybridized carbons (Fsp3) is 0.455. The van der Waals surface area contributed by atoms with Crippen molar-refractivity contribution in [1.82, 2.24) is 0 Å². The Balaban J connectivity index is 2.51. The number of fused-ring (bicyclic) bond motifs is 1. The summed E-state index contributed by atoms with van der Waals surface area (Å²) in [6.45, 7) is 0.468. The summed E-state index contributed by atoms with van der Waals surface area (Å²) in [7, 11) is 0. The first-order chi connectivity index (χ1) is 6.72. The Bertz CT molecular complexity index is 349. The van der Waals surface area contributed by atoms with Crippen molar-refractivity contribution in [3.8, 4) is 0 Å². The van der Waals surface area contributed by atoms with E-state index in [2.05, 4.69) is 0 Å². The average Bonchev–Trinajstić information content (AvgIpc) is 2.17. The van der Waals surface area contributed by atoms with Gasteiger partial charge in [-0.05, 0) is 48.9 Å². The molecule has 76 valence electrons. The summed E-state index contributed by atoms with van der Waals surface area (Å²) in [5, 5.41) is 0. The Morgan fingerprint density at radius 3 is 2.86 bits per heavy atom. The van der Waals surface area contributed by atoms with Gasteiger partial charge in [0, 0.05) is 6.07 Å². The number of hydrogen-bond acceptors (Lipinski definition) is 1. The molecule has 1 atom stereocenters. The van der Waals surface area contributed by atoms with Gasteiger partial charge in [-0.25, -0.2) is 8.78 Å². The summed E-state index contributed by atoms with van der Waals surface area (Å²) in [6.07, 6.45) is 2.59. The first kappa shape index (κ1) is 9.59. The zero-order valence-corrected chi connectivity index (χ0v) is 7.89. The lowest BCUT2D eigenvalue weighted by molar-refractivity contribution is 0.510. The van der Waals surface area contributed by atoms with Gasteiger partial charge in [0.15, 0.2) is 0 Å². The van der Waals surface area contributed by atoms with Crippen LogP contribution in [0.15, 0.2) is 12.1 Å². The molecule has 14 heavy (non-hydrogen) atoms. The Kier molecular flexibility index (Phi) is 2.50. The summed E-state index contributed by atoms with van der Waals surface area (Å²) in [6, 6.07) is 2.38. The maximum absolute atomic E-state index is 13.4. The summed E-state index contributed by atoms with van der Waals surface area (Å²) in [5.41, 5.74) is 7.01. The van der Waals surface area contributed by atoms with Gasteiger partial charge in [-0.2, -0.15) is 0 Å². The minimum atomic E-state index is -0.499. The van der Waals surface area contributed by atoms with Crippen LogP contribution in [0.5, 0.6) is 0 Å². The van der Waals surface area contributed by atoms with Crippen molar-refractivity contribution in [3.63, 3.8) is 0 Å². The molecule has 0 bridgehead atoms. The molecule has 1 aliphatic rings. The zero-order valence-electron chi connectivity index (χ0n) is 7.89. The van der Waals surface area contributed by atoms with Crippen LogP contribution in [0.1, 0.15) is 29.9 Å². The van der Waals surface area contributed by atoms with Crippen molar-refractivity contribution in [2.24, 2.45) is 5.73 Å². The van der Waals surface area contributed by atoms with E-state index in [9.17, 15) is 8.78 Å². The fourth-order valence-corrected chi connectivity index (χ4v) is 2.18. The van der Waals surface area contributed by atoms with E-state index in [0.29, 0.717) is 18.5 Å². The van der Waals surface area contributed by atoms with Crippen LogP contribution in [0.4, 0.5) is 8.78 Å². The van der Waals surface area contributed by atoms with E-state index in [1.807, 2.05) is 0 Å². The third-order valence-corrected chi connectivity index (χ3v) is 2.90. The predicted molar refractivity (Wildman–Crippen MR) is 51.1 cm³/mol. The predicted octanol–water partition coefficient (Wildman–Crippen LogP) is 2.34. The first-order valence-corrected chi connectivity index (χ1v) is 4.90. The van der Waals surface area contributed by atoms with Gasteiger partial charge in [-0.3, -0.25) is 0 Å². The highest BCUT2D eigenvalue weighted by atomic mass is 19.1. The van der Waals surface area contributed by atoms with Crippen molar-refractivity contribution in [2.45, 2.75) is 25.2 Å². The molecule has 1 nitrogen and oxygen atoms in total. The monoisotopic (exact) mass is 197 g/mol. The highest BCUT2D eigenvalue weighted by molar-refractivity contribution is 5.34. The largest absolute Gasteiger partial charge is 0.330 e. The normalized spacial score (nSPS) is 20.6. The van der Waals surface area contributed by atoms with Gasteiger partial charge in [0.1, 0.15) is 11.6 Å². The van der Waals surface area contributed by atoms with E-state index < -0.39 is 11.6 Å². The second-order valence-electron chi connectivity index (χ2n) is 3.78. The molecule has 1 aromatic rings. The van der Waals surface area contributed by atoms with E-state index in [1.54, 1.807) is 0 Å². The van der Waals surface area contributed by atoms with Crippen molar-refractivity contribution in [3.05, 3.63) is 34.9 Å². The topological polar surface area (TPSA) is 26.0 Å². The SMILES string of the molecule is NCC1CCCc2c(F)cc(F)cc21. The molecule has 1 unspecified atom stereocenters. The van der Waals surface area contributed by atoms with Crippen LogP contribution in [0.3, 0.4) is 0 Å². The molecule has 0 radical (unpaired) electrons. The highest BCUT2D eigenvalue weighted by Crippen LogP contribution is 2.32. The second-order valence-corrected chi connectivity index (χ2v) is 3.78. The highest BCUT2D eigenvalue weighted by Gasteiger charge is 2.22. The van der Waals surface area contributed by atoms with Crippen LogP contribution in [0.2, 0.25) is 0 Å². The Labute approximate surface area is 81.9 Å². The molecule has 0 spiro atoms. The molecular weight excluding hydrogens is 184 g/mol. The molecular formula is C11H13F2N. The average molecular weight is 197 g/mol. The summed E-state index contributed by atoms with van der Waals surface area (Å²) < 4.78 is 26.3. The van der Waals surface area contributed by atoms with Gasteiger partial charge in [-0.1, -0.05) is 0 Å². The molecule has 0 fully saturated rings. The van der Waals surface area contributed by atoms with Gasteiger partial charge in [0.25, 0.3) is 0 Å². The molecule has 0 heterocycles. The molecule has 0 saturated heterocycles. The Morgan fingerprint density at radius 2 is 2.14 bits per heavy atom. The van der Waals surface area contributed by atoms with E-state index in [-0.39, 0.29) is 5.92 Å². The third-order valence-electron chi connectivity index (χ3n) is 2.90. The van der Waals surface area contributed by atoms with Crippen LogP contribution >= 0.6 is 0 Å². The maximum Gasteiger partial charge on any atom is 0.129 e. The molecule has 3 heteroatoms. The lowest BCUT2D eigenvalue weighted by Gasteiger charge is -2.24. The van der Waals surface area contributed by atoms with Crippen LogP contribution in [0, 0.1) is 11.6 Å². The molecule has 0 aliphatic heterocycles. The summed E-state index contributed by atoms with van der Waals surface area (Å²) in [5.74, 6) is -0.788. The van der Waals surface area contributed by atoms with Crippen molar-refractivity contribution in [1.29, 1.82) is 0 Å². The fourth-order valence-electron chi connectivity index (χ4n) is 2.18. The molecule has 2 N–H and O–H groups in total. The summed E-state index contributed by atoms with van der Waals surface area (Å²) >= 11 is 0. The number of benzene rings is 1. The van der Waals surface area contributed by atoms with E-state index in [1.165, 1.54) is 6.07 Å². The first-order valence-electron chi connectivity index (χ1n) is 4.90. The number of nitrogens with two attached hydrogens (primary N) is 1. The number of hydrogen-bond donors (Lipinski definition) is 1. The molecule has 1 aromatic carbocycles. The van der Waals surface area contributed by atoms with Gasteiger partial charge in [0.2, 0.25) is 0 Å².